The van der Waals surface area contributed by atoms with Crippen LogP contribution in [0.3, 0.4) is 0 Å². The number of nitrogens with two attached hydrogens (primary N) is 1. The monoisotopic (exact) mass is 206 g/mol. The maximum atomic E-state index is 11.1. The zero-order chi connectivity index (χ0) is 9.35. The zero-order valence-electron chi connectivity index (χ0n) is 6.62. The fraction of sp³-hybridized carbons (Fsp3) is 0.500. The van der Waals surface area contributed by atoms with Gasteiger partial charge in [0.25, 0.3) is 0 Å². The number of nitrogens with one attached hydrogen (secondary N) is 1. The fourth-order valence-electron chi connectivity index (χ4n) is 1.03. The van der Waals surface area contributed by atoms with Crippen LogP contribution in [-0.2, 0) is 9.84 Å². The van der Waals surface area contributed by atoms with Gasteiger partial charge in [-0.2, -0.15) is 0 Å². The molecule has 1 heterocycles. The number of rotatable bonds is 1. The van der Waals surface area contributed by atoms with Crippen LogP contribution in [0.5, 0.6) is 0 Å². The van der Waals surface area contributed by atoms with Crippen molar-refractivity contribution in [2.24, 2.45) is 5.73 Å². The number of hydrogen-bond donors (Lipinski definition) is 2. The van der Waals surface area contributed by atoms with Crippen molar-refractivity contribution in [2.45, 2.75) is 6.92 Å². The largest absolute Gasteiger partial charge is 0.378 e. The highest BCUT2D eigenvalue weighted by Gasteiger charge is 2.25. The van der Waals surface area contributed by atoms with E-state index in [1.54, 1.807) is 6.92 Å². The van der Waals surface area contributed by atoms with Crippen LogP contribution >= 0.6 is 11.8 Å². The Morgan fingerprint density at radius 3 is 2.50 bits per heavy atom. The Morgan fingerprint density at radius 1 is 1.58 bits per heavy atom. The topological polar surface area (TPSA) is 84.0 Å². The van der Waals surface area contributed by atoms with Crippen LogP contribution in [0.1, 0.15) is 6.92 Å². The molecule has 0 spiro atoms. The van der Waals surface area contributed by atoms with Crippen molar-refractivity contribution in [3.63, 3.8) is 0 Å². The maximum absolute atomic E-state index is 11.1. The molecule has 0 fully saturated rings. The SMILES string of the molecule is CC1=C(SC(=N)N)CS(=O)(=O)C1. The molecule has 0 unspecified atom stereocenters. The van der Waals surface area contributed by atoms with E-state index < -0.39 is 9.84 Å². The zero-order valence-corrected chi connectivity index (χ0v) is 8.26. The first kappa shape index (κ1) is 9.60. The standard InChI is InChI=1S/C6H10N2O2S2/c1-4-2-12(9,10)3-5(4)11-6(7)8/h2-3H2,1H3,(H3,7,8). The van der Waals surface area contributed by atoms with Gasteiger partial charge in [-0.3, -0.25) is 5.41 Å². The normalized spacial score (nSPS) is 21.4. The van der Waals surface area contributed by atoms with Crippen molar-refractivity contribution in [1.82, 2.24) is 0 Å². The highest BCUT2D eigenvalue weighted by Crippen LogP contribution is 2.28. The minimum Gasteiger partial charge on any atom is -0.378 e. The Labute approximate surface area is 75.6 Å². The summed E-state index contributed by atoms with van der Waals surface area (Å²) in [4.78, 5) is 0.711. The molecule has 68 valence electrons. The van der Waals surface area contributed by atoms with Gasteiger partial charge in [0.2, 0.25) is 0 Å². The molecule has 3 N–H and O–H groups in total. The second-order valence-corrected chi connectivity index (χ2v) is 5.90. The van der Waals surface area contributed by atoms with E-state index in [0.717, 1.165) is 17.3 Å². The van der Waals surface area contributed by atoms with Gasteiger partial charge >= 0.3 is 0 Å². The smallest absolute Gasteiger partial charge is 0.158 e. The molecule has 6 heteroatoms. The van der Waals surface area contributed by atoms with Gasteiger partial charge < -0.3 is 5.73 Å². The summed E-state index contributed by atoms with van der Waals surface area (Å²) in [5.41, 5.74) is 5.96. The van der Waals surface area contributed by atoms with Crippen molar-refractivity contribution in [3.8, 4) is 0 Å². The Balaban J connectivity index is 2.80. The molecule has 0 saturated carbocycles. The van der Waals surface area contributed by atoms with Crippen molar-refractivity contribution < 1.29 is 8.42 Å². The number of sulfone groups is 1. The van der Waals surface area contributed by atoms with E-state index >= 15 is 0 Å². The van der Waals surface area contributed by atoms with Gasteiger partial charge in [0.05, 0.1) is 11.5 Å². The van der Waals surface area contributed by atoms with Crippen LogP contribution in [-0.4, -0.2) is 25.1 Å². The molecule has 1 rings (SSSR count). The quantitative estimate of drug-likeness (QED) is 0.478. The van der Waals surface area contributed by atoms with Crippen molar-refractivity contribution in [3.05, 3.63) is 10.5 Å². The average molecular weight is 206 g/mol. The Bertz CT molecular complexity index is 343. The van der Waals surface area contributed by atoms with E-state index in [0.29, 0.717) is 4.91 Å². The molecule has 0 aromatic carbocycles. The first-order valence-electron chi connectivity index (χ1n) is 3.31. The van der Waals surface area contributed by atoms with E-state index in [9.17, 15) is 8.42 Å². The minimum absolute atomic E-state index is 0.0447. The second-order valence-electron chi connectivity index (χ2n) is 2.70. The van der Waals surface area contributed by atoms with Gasteiger partial charge in [0.15, 0.2) is 15.0 Å². The molecule has 0 radical (unpaired) electrons. The van der Waals surface area contributed by atoms with Crippen LogP contribution in [0.25, 0.3) is 0 Å². The lowest BCUT2D eigenvalue weighted by Gasteiger charge is -1.97. The molecule has 0 aromatic rings. The van der Waals surface area contributed by atoms with Gasteiger partial charge in [-0.1, -0.05) is 11.8 Å². The molecule has 12 heavy (non-hydrogen) atoms. The van der Waals surface area contributed by atoms with E-state index in [1.165, 1.54) is 0 Å². The second kappa shape index (κ2) is 3.10. The molecule has 4 nitrogen and oxygen atoms in total. The van der Waals surface area contributed by atoms with Gasteiger partial charge in [-0.15, -0.1) is 0 Å². The van der Waals surface area contributed by atoms with Gasteiger partial charge in [-0.05, 0) is 12.5 Å². The molecular formula is C6H10N2O2S2. The number of hydrogen-bond acceptors (Lipinski definition) is 4. The number of amidine groups is 1. The van der Waals surface area contributed by atoms with Gasteiger partial charge in [-0.25, -0.2) is 8.42 Å². The highest BCUT2D eigenvalue weighted by atomic mass is 32.2. The van der Waals surface area contributed by atoms with Crippen molar-refractivity contribution >= 4 is 26.8 Å². The van der Waals surface area contributed by atoms with E-state index in [2.05, 4.69) is 0 Å². The molecule has 1 aliphatic rings. The molecular weight excluding hydrogens is 196 g/mol. The third-order valence-electron chi connectivity index (χ3n) is 1.50. The Kier molecular flexibility index (Phi) is 2.48. The van der Waals surface area contributed by atoms with Crippen LogP contribution < -0.4 is 5.73 Å². The first-order valence-corrected chi connectivity index (χ1v) is 5.95. The summed E-state index contributed by atoms with van der Waals surface area (Å²) >= 11 is 1.03. The summed E-state index contributed by atoms with van der Waals surface area (Å²) < 4.78 is 22.1. The van der Waals surface area contributed by atoms with Crippen LogP contribution in [0.15, 0.2) is 10.5 Å². The molecule has 0 bridgehead atoms. The van der Waals surface area contributed by atoms with Crippen molar-refractivity contribution in [1.29, 1.82) is 5.41 Å². The summed E-state index contributed by atoms with van der Waals surface area (Å²) in [7, 11) is -2.94. The first-order chi connectivity index (χ1) is 5.41. The molecule has 0 saturated heterocycles. The van der Waals surface area contributed by atoms with Crippen LogP contribution in [0.4, 0.5) is 0 Å². The van der Waals surface area contributed by atoms with Crippen LogP contribution in [0, 0.1) is 5.41 Å². The lowest BCUT2D eigenvalue weighted by atomic mass is 10.3. The molecule has 0 aromatic heterocycles. The lowest BCUT2D eigenvalue weighted by Crippen LogP contribution is -2.06. The molecule has 0 atom stereocenters. The highest BCUT2D eigenvalue weighted by molar-refractivity contribution is 8.17. The van der Waals surface area contributed by atoms with Gasteiger partial charge in [0, 0.05) is 4.91 Å². The fourth-order valence-corrected chi connectivity index (χ4v) is 3.99. The van der Waals surface area contributed by atoms with E-state index in [4.69, 9.17) is 11.1 Å². The summed E-state index contributed by atoms with van der Waals surface area (Å²) in [6.07, 6.45) is 0. The summed E-state index contributed by atoms with van der Waals surface area (Å²) in [5, 5.41) is 6.94. The predicted octanol–water partition coefficient (Wildman–Crippen LogP) is 0.315. The third kappa shape index (κ3) is 2.25. The van der Waals surface area contributed by atoms with E-state index in [1.807, 2.05) is 0 Å². The van der Waals surface area contributed by atoms with Gasteiger partial charge in [0.1, 0.15) is 0 Å². The summed E-state index contributed by atoms with van der Waals surface area (Å²) in [5.74, 6) is 0.158. The van der Waals surface area contributed by atoms with Crippen LogP contribution in [0.2, 0.25) is 0 Å². The maximum Gasteiger partial charge on any atom is 0.158 e. The lowest BCUT2D eigenvalue weighted by molar-refractivity contribution is 0.603. The minimum atomic E-state index is -2.94. The van der Waals surface area contributed by atoms with Crippen molar-refractivity contribution in [2.75, 3.05) is 11.5 Å². The molecule has 0 aliphatic carbocycles. The van der Waals surface area contributed by atoms with E-state index in [-0.39, 0.29) is 16.7 Å². The average Bonchev–Trinajstić information content (AvgIpc) is 2.03. The third-order valence-corrected chi connectivity index (χ3v) is 4.24. The molecule has 1 aliphatic heterocycles. The number of thioether (sulfide) groups is 1. The Hall–Kier alpha value is -0.490. The Morgan fingerprint density at radius 2 is 2.17 bits per heavy atom. The predicted molar refractivity (Wildman–Crippen MR) is 50.9 cm³/mol. The molecule has 0 amide bonds. The summed E-state index contributed by atoms with van der Waals surface area (Å²) in [6, 6.07) is 0. The summed E-state index contributed by atoms with van der Waals surface area (Å²) in [6.45, 7) is 1.76.